The normalized spacial score (nSPS) is 15.3. The molecule has 0 N–H and O–H groups in total. The van der Waals surface area contributed by atoms with E-state index >= 15 is 0 Å². The van der Waals surface area contributed by atoms with Crippen molar-refractivity contribution in [3.8, 4) is 11.8 Å². The Morgan fingerprint density at radius 1 is 1.00 bits per heavy atom. The maximum Gasteiger partial charge on any atom is 0.0740 e. The molecule has 1 nitrogen and oxygen atoms in total. The van der Waals surface area contributed by atoms with Gasteiger partial charge in [-0.25, -0.2) is 0 Å². The quantitative estimate of drug-likeness (QED) is 0.393. The Bertz CT molecular complexity index is 930. The Labute approximate surface area is 154 Å². The first-order chi connectivity index (χ1) is 12.3. The molecule has 0 aliphatic heterocycles. The number of fused-ring (bicyclic) bond motifs is 1. The van der Waals surface area contributed by atoms with Crippen molar-refractivity contribution in [1.82, 2.24) is 0 Å². The molecule has 4 rings (SSSR count). The molecular weight excluding hydrogens is 322 g/mol. The zero-order valence-corrected chi connectivity index (χ0v) is 14.9. The van der Waals surface area contributed by atoms with E-state index in [4.69, 9.17) is 0 Å². The van der Waals surface area contributed by atoms with E-state index in [1.807, 2.05) is 24.3 Å². The van der Waals surface area contributed by atoms with Gasteiger partial charge in [0.05, 0.1) is 10.8 Å². The van der Waals surface area contributed by atoms with Crippen molar-refractivity contribution in [1.29, 1.82) is 0 Å². The van der Waals surface area contributed by atoms with Crippen LogP contribution in [0, 0.1) is 17.8 Å². The van der Waals surface area contributed by atoms with E-state index in [1.165, 1.54) is 41.5 Å². The molecule has 2 aliphatic rings. The molecule has 0 heterocycles. The Balaban J connectivity index is 1.50. The first kappa shape index (κ1) is 16.0. The molecule has 1 fully saturated rings. The number of thiocarbonyl (C=S) groups is 1. The van der Waals surface area contributed by atoms with Gasteiger partial charge in [-0.15, -0.1) is 0 Å². The monoisotopic (exact) mass is 341 g/mol. The second kappa shape index (κ2) is 7.19. The van der Waals surface area contributed by atoms with Crippen molar-refractivity contribution < 1.29 is 0 Å². The van der Waals surface area contributed by atoms with Crippen LogP contribution in [0.15, 0.2) is 53.0 Å². The van der Waals surface area contributed by atoms with Crippen LogP contribution in [0.2, 0.25) is 0 Å². The molecule has 0 radical (unpaired) electrons. The van der Waals surface area contributed by atoms with Crippen molar-refractivity contribution in [3.63, 3.8) is 0 Å². The fourth-order valence-electron chi connectivity index (χ4n) is 3.25. The first-order valence-electron chi connectivity index (χ1n) is 8.82. The van der Waals surface area contributed by atoms with Crippen LogP contribution in [0.1, 0.15) is 41.5 Å². The van der Waals surface area contributed by atoms with E-state index in [0.29, 0.717) is 0 Å². The summed E-state index contributed by atoms with van der Waals surface area (Å²) in [6, 6.07) is 14.7. The van der Waals surface area contributed by atoms with Gasteiger partial charge < -0.3 is 0 Å². The maximum absolute atomic E-state index is 4.61. The van der Waals surface area contributed by atoms with Gasteiger partial charge in [-0.05, 0) is 97.3 Å². The summed E-state index contributed by atoms with van der Waals surface area (Å²) in [5.41, 5.74) is 7.33. The molecule has 2 aromatic rings. The number of nitrogens with zero attached hydrogens (tertiary/aromatic N) is 1. The van der Waals surface area contributed by atoms with Crippen LogP contribution >= 0.6 is 12.2 Å². The third-order valence-corrected chi connectivity index (χ3v) is 4.92. The molecule has 2 aliphatic carbocycles. The van der Waals surface area contributed by atoms with E-state index < -0.39 is 0 Å². The second-order valence-electron chi connectivity index (χ2n) is 6.85. The zero-order chi connectivity index (χ0) is 17.1. The molecule has 0 unspecified atom stereocenters. The lowest BCUT2D eigenvalue weighted by Gasteiger charge is -2.14. The highest BCUT2D eigenvalue weighted by molar-refractivity contribution is 7.78. The van der Waals surface area contributed by atoms with Crippen LogP contribution in [-0.4, -0.2) is 5.16 Å². The Morgan fingerprint density at radius 2 is 1.84 bits per heavy atom. The summed E-state index contributed by atoms with van der Waals surface area (Å²) in [5.74, 6) is 7.53. The van der Waals surface area contributed by atoms with Gasteiger partial charge in [-0.3, -0.25) is 0 Å². The third-order valence-electron chi connectivity index (χ3n) is 4.83. The molecular formula is C23H19NS. The van der Waals surface area contributed by atoms with Crippen LogP contribution in [0.5, 0.6) is 0 Å². The summed E-state index contributed by atoms with van der Waals surface area (Å²) in [6.45, 7) is 0. The Kier molecular flexibility index (Phi) is 4.61. The van der Waals surface area contributed by atoms with Crippen molar-refractivity contribution in [2.45, 2.75) is 32.1 Å². The minimum Gasteiger partial charge on any atom is -0.195 e. The average molecular weight is 341 g/mol. The topological polar surface area (TPSA) is 12.4 Å². The van der Waals surface area contributed by atoms with E-state index in [2.05, 4.69) is 58.5 Å². The lowest BCUT2D eigenvalue weighted by atomic mass is 9.90. The number of hydrogen-bond acceptors (Lipinski definition) is 2. The molecule has 0 saturated heterocycles. The molecule has 122 valence electrons. The molecule has 0 atom stereocenters. The number of aryl methyl sites for hydroxylation is 1. The van der Waals surface area contributed by atoms with E-state index in [0.717, 1.165) is 30.0 Å². The number of isothiocyanates is 1. The number of rotatable bonds is 3. The number of allylic oxidation sites excluding steroid dienone is 1. The van der Waals surface area contributed by atoms with Crippen LogP contribution < -0.4 is 0 Å². The lowest BCUT2D eigenvalue weighted by molar-refractivity contribution is 0.827. The summed E-state index contributed by atoms with van der Waals surface area (Å²) in [5, 5.41) is 2.38. The highest BCUT2D eigenvalue weighted by atomic mass is 32.1. The van der Waals surface area contributed by atoms with Crippen LogP contribution in [0.4, 0.5) is 5.69 Å². The van der Waals surface area contributed by atoms with Gasteiger partial charge in [0.2, 0.25) is 0 Å². The summed E-state index contributed by atoms with van der Waals surface area (Å²) < 4.78 is 0. The average Bonchev–Trinajstić information content (AvgIpc) is 3.45. The number of benzene rings is 2. The van der Waals surface area contributed by atoms with Gasteiger partial charge in [0.15, 0.2) is 0 Å². The van der Waals surface area contributed by atoms with Crippen molar-refractivity contribution in [2.24, 2.45) is 10.9 Å². The first-order valence-corrected chi connectivity index (χ1v) is 9.23. The van der Waals surface area contributed by atoms with E-state index in [9.17, 15) is 0 Å². The van der Waals surface area contributed by atoms with Crippen molar-refractivity contribution >= 4 is 29.1 Å². The second-order valence-corrected chi connectivity index (χ2v) is 7.03. The maximum atomic E-state index is 4.61. The minimum absolute atomic E-state index is 0.813. The largest absolute Gasteiger partial charge is 0.195 e. The fourth-order valence-corrected chi connectivity index (χ4v) is 3.36. The van der Waals surface area contributed by atoms with E-state index in [-0.39, 0.29) is 0 Å². The highest BCUT2D eigenvalue weighted by Crippen LogP contribution is 2.34. The van der Waals surface area contributed by atoms with E-state index in [1.54, 1.807) is 0 Å². The van der Waals surface area contributed by atoms with Crippen molar-refractivity contribution in [3.05, 3.63) is 70.3 Å². The lowest BCUT2D eigenvalue weighted by Crippen LogP contribution is -2.00. The SMILES string of the molecule is S=C=Nc1ccc(C#CC2=Cc3ccc(CC4CC4)cc3CC2)cc1. The standard InChI is InChI=1S/C23H19NS/c25-16-24-23-11-7-17(8-12-23)1-2-19-5-9-22-15-20(13-18-3-4-18)6-10-21(22)14-19/h6-8,10-12,14-15,18H,3-5,9,13H2. The molecule has 0 bridgehead atoms. The summed E-state index contributed by atoms with van der Waals surface area (Å²) in [4.78, 5) is 3.96. The molecule has 2 aromatic carbocycles. The van der Waals surface area contributed by atoms with Crippen LogP contribution in [-0.2, 0) is 12.8 Å². The Hall–Kier alpha value is -2.46. The van der Waals surface area contributed by atoms with Gasteiger partial charge in [0.25, 0.3) is 0 Å². The molecule has 0 amide bonds. The van der Waals surface area contributed by atoms with Crippen LogP contribution in [0.3, 0.4) is 0 Å². The van der Waals surface area contributed by atoms with Crippen LogP contribution in [0.25, 0.3) is 6.08 Å². The number of aliphatic imine (C=N–C) groups is 1. The van der Waals surface area contributed by atoms with Gasteiger partial charge in [0.1, 0.15) is 0 Å². The van der Waals surface area contributed by atoms with Crippen molar-refractivity contribution in [2.75, 3.05) is 0 Å². The van der Waals surface area contributed by atoms with Gasteiger partial charge >= 0.3 is 0 Å². The summed E-state index contributed by atoms with van der Waals surface area (Å²) in [7, 11) is 0. The predicted molar refractivity (Wildman–Crippen MR) is 107 cm³/mol. The smallest absolute Gasteiger partial charge is 0.0740 e. The molecule has 2 heteroatoms. The summed E-state index contributed by atoms with van der Waals surface area (Å²) >= 11 is 4.61. The molecule has 1 saturated carbocycles. The highest BCUT2D eigenvalue weighted by Gasteiger charge is 2.21. The predicted octanol–water partition coefficient (Wildman–Crippen LogP) is 5.75. The zero-order valence-electron chi connectivity index (χ0n) is 14.1. The minimum atomic E-state index is 0.813. The fraction of sp³-hybridized carbons (Fsp3) is 0.261. The third kappa shape index (κ3) is 4.15. The number of hydrogen-bond donors (Lipinski definition) is 0. The molecule has 0 aromatic heterocycles. The molecule has 25 heavy (non-hydrogen) atoms. The van der Waals surface area contributed by atoms with Gasteiger partial charge in [-0.1, -0.05) is 30.0 Å². The van der Waals surface area contributed by atoms with Gasteiger partial charge in [0, 0.05) is 11.1 Å². The van der Waals surface area contributed by atoms with Gasteiger partial charge in [-0.2, -0.15) is 4.99 Å². The summed E-state index contributed by atoms with van der Waals surface area (Å²) in [6.07, 6.45) is 8.45. The molecule has 0 spiro atoms. The Morgan fingerprint density at radius 3 is 2.60 bits per heavy atom.